The number of rotatable bonds is 7. The van der Waals surface area contributed by atoms with Crippen LogP contribution < -0.4 is 4.74 Å². The van der Waals surface area contributed by atoms with Crippen LogP contribution in [0.1, 0.15) is 39.5 Å². The number of ether oxygens (including phenoxy) is 3. The number of aliphatic hydroxyl groups excluding tert-OH is 1. The van der Waals surface area contributed by atoms with E-state index in [0.717, 1.165) is 5.56 Å². The van der Waals surface area contributed by atoms with E-state index < -0.39 is 6.29 Å². The van der Waals surface area contributed by atoms with Gasteiger partial charge in [0.05, 0.1) is 18.4 Å². The van der Waals surface area contributed by atoms with E-state index >= 15 is 0 Å². The molecule has 21 heavy (non-hydrogen) atoms. The Morgan fingerprint density at radius 2 is 2.14 bits per heavy atom. The number of aliphatic hydroxyl groups is 1. The molecule has 1 aliphatic heterocycles. The van der Waals surface area contributed by atoms with Gasteiger partial charge in [0.1, 0.15) is 0 Å². The van der Waals surface area contributed by atoms with Gasteiger partial charge in [-0.25, -0.2) is 4.68 Å². The van der Waals surface area contributed by atoms with Crippen LogP contribution in [0.15, 0.2) is 12.3 Å². The summed E-state index contributed by atoms with van der Waals surface area (Å²) >= 11 is 0. The van der Waals surface area contributed by atoms with E-state index in [-0.39, 0.29) is 18.8 Å². The zero-order valence-corrected chi connectivity index (χ0v) is 13.0. The summed E-state index contributed by atoms with van der Waals surface area (Å²) in [4.78, 5) is 0. The predicted octanol–water partition coefficient (Wildman–Crippen LogP) is 2.41. The Morgan fingerprint density at radius 1 is 1.43 bits per heavy atom. The minimum atomic E-state index is -0.417. The first-order valence-corrected chi connectivity index (χ1v) is 7.31. The Labute approximate surface area is 125 Å². The summed E-state index contributed by atoms with van der Waals surface area (Å²) in [5, 5.41) is 13.4. The van der Waals surface area contributed by atoms with Crippen LogP contribution in [0.25, 0.3) is 6.20 Å². The summed E-state index contributed by atoms with van der Waals surface area (Å²) in [6.07, 6.45) is 4.76. The van der Waals surface area contributed by atoms with Crippen molar-refractivity contribution >= 4 is 6.20 Å². The van der Waals surface area contributed by atoms with Crippen molar-refractivity contribution in [2.24, 2.45) is 11.8 Å². The Morgan fingerprint density at radius 3 is 2.71 bits per heavy atom. The van der Waals surface area contributed by atoms with Crippen LogP contribution in [0.3, 0.4) is 0 Å². The van der Waals surface area contributed by atoms with Crippen LogP contribution in [-0.4, -0.2) is 34.4 Å². The zero-order chi connectivity index (χ0) is 15.4. The second-order valence-electron chi connectivity index (χ2n) is 5.73. The average molecular weight is 296 g/mol. The van der Waals surface area contributed by atoms with Crippen LogP contribution in [0.4, 0.5) is 0 Å². The first-order chi connectivity index (χ1) is 10.0. The third kappa shape index (κ3) is 4.06. The number of hydrogen-bond acceptors (Lipinski definition) is 5. The molecule has 0 radical (unpaired) electrons. The van der Waals surface area contributed by atoms with Gasteiger partial charge in [-0.15, -0.1) is 0 Å². The van der Waals surface area contributed by atoms with Crippen molar-refractivity contribution in [1.82, 2.24) is 9.78 Å². The third-order valence-electron chi connectivity index (χ3n) is 3.06. The molecule has 0 aliphatic carbocycles. The van der Waals surface area contributed by atoms with Gasteiger partial charge in [0.2, 0.25) is 5.88 Å². The van der Waals surface area contributed by atoms with Crippen LogP contribution >= 0.6 is 0 Å². The Balaban J connectivity index is 2.16. The maximum atomic E-state index is 9.08. The fourth-order valence-corrected chi connectivity index (χ4v) is 1.82. The van der Waals surface area contributed by atoms with Crippen molar-refractivity contribution in [1.29, 1.82) is 0 Å². The summed E-state index contributed by atoms with van der Waals surface area (Å²) in [7, 11) is 0. The molecule has 1 aromatic rings. The minimum Gasteiger partial charge on any atom is -0.477 e. The van der Waals surface area contributed by atoms with Gasteiger partial charge in [0.15, 0.2) is 12.6 Å². The number of nitrogens with zero attached hydrogens (tertiary/aromatic N) is 2. The largest absolute Gasteiger partial charge is 0.477 e. The van der Waals surface area contributed by atoms with E-state index in [1.165, 1.54) is 0 Å². The highest BCUT2D eigenvalue weighted by atomic mass is 16.9. The molecule has 2 rings (SSSR count). The minimum absolute atomic E-state index is 0.0619. The monoisotopic (exact) mass is 296 g/mol. The van der Waals surface area contributed by atoms with Crippen molar-refractivity contribution in [2.45, 2.75) is 40.3 Å². The molecular weight excluding hydrogens is 272 g/mol. The SMILES string of the molecule is CC(C)COc1c(C2OC(C)O2)cnn1/C=C/C(C)CO. The van der Waals surface area contributed by atoms with Gasteiger partial charge in [0, 0.05) is 12.8 Å². The van der Waals surface area contributed by atoms with Gasteiger partial charge < -0.3 is 19.3 Å². The van der Waals surface area contributed by atoms with E-state index in [0.29, 0.717) is 18.4 Å². The van der Waals surface area contributed by atoms with Crippen molar-refractivity contribution in [3.63, 3.8) is 0 Å². The Bertz CT molecular complexity index is 478. The summed E-state index contributed by atoms with van der Waals surface area (Å²) < 4.78 is 18.5. The lowest BCUT2D eigenvalue weighted by molar-refractivity contribution is -0.382. The van der Waals surface area contributed by atoms with E-state index in [2.05, 4.69) is 18.9 Å². The van der Waals surface area contributed by atoms with Gasteiger partial charge in [-0.3, -0.25) is 0 Å². The fraction of sp³-hybridized carbons (Fsp3) is 0.667. The normalized spacial score (nSPS) is 23.5. The lowest BCUT2D eigenvalue weighted by Crippen LogP contribution is -2.31. The van der Waals surface area contributed by atoms with Crippen molar-refractivity contribution < 1.29 is 19.3 Å². The fourth-order valence-electron chi connectivity index (χ4n) is 1.82. The van der Waals surface area contributed by atoms with Gasteiger partial charge in [0.25, 0.3) is 0 Å². The summed E-state index contributed by atoms with van der Waals surface area (Å²) in [5.74, 6) is 1.09. The Hall–Kier alpha value is -1.37. The topological polar surface area (TPSA) is 65.7 Å². The van der Waals surface area contributed by atoms with Crippen molar-refractivity contribution in [3.8, 4) is 5.88 Å². The molecule has 1 N–H and O–H groups in total. The molecule has 0 amide bonds. The second-order valence-corrected chi connectivity index (χ2v) is 5.73. The summed E-state index contributed by atoms with van der Waals surface area (Å²) in [6.45, 7) is 8.63. The summed E-state index contributed by atoms with van der Waals surface area (Å²) in [5.41, 5.74) is 0.787. The molecule has 0 bridgehead atoms. The van der Waals surface area contributed by atoms with Crippen LogP contribution in [0.2, 0.25) is 0 Å². The first-order valence-electron chi connectivity index (χ1n) is 7.31. The van der Waals surface area contributed by atoms with Gasteiger partial charge in [-0.05, 0) is 18.8 Å². The lowest BCUT2D eigenvalue weighted by atomic mass is 10.2. The average Bonchev–Trinajstić information content (AvgIpc) is 2.81. The molecule has 1 unspecified atom stereocenters. The molecule has 6 heteroatoms. The highest BCUT2D eigenvalue weighted by Gasteiger charge is 2.33. The highest BCUT2D eigenvalue weighted by Crippen LogP contribution is 2.37. The smallest absolute Gasteiger partial charge is 0.224 e. The molecule has 1 aromatic heterocycles. The second kappa shape index (κ2) is 7.06. The predicted molar refractivity (Wildman–Crippen MR) is 78.5 cm³/mol. The quantitative estimate of drug-likeness (QED) is 0.837. The first kappa shape index (κ1) is 16.0. The molecule has 1 saturated heterocycles. The third-order valence-corrected chi connectivity index (χ3v) is 3.06. The van der Waals surface area contributed by atoms with Crippen LogP contribution in [0.5, 0.6) is 5.88 Å². The molecule has 0 aromatic carbocycles. The van der Waals surface area contributed by atoms with E-state index in [4.69, 9.17) is 19.3 Å². The van der Waals surface area contributed by atoms with Gasteiger partial charge >= 0.3 is 0 Å². The molecule has 0 saturated carbocycles. The van der Waals surface area contributed by atoms with E-state index in [1.807, 2.05) is 19.9 Å². The number of hydrogen-bond donors (Lipinski definition) is 1. The zero-order valence-electron chi connectivity index (χ0n) is 13.0. The highest BCUT2D eigenvalue weighted by molar-refractivity contribution is 5.36. The molecule has 2 heterocycles. The van der Waals surface area contributed by atoms with Gasteiger partial charge in [-0.1, -0.05) is 26.8 Å². The van der Waals surface area contributed by atoms with E-state index in [1.54, 1.807) is 17.1 Å². The Kier molecular flexibility index (Phi) is 5.39. The molecule has 118 valence electrons. The van der Waals surface area contributed by atoms with Crippen LogP contribution in [-0.2, 0) is 9.47 Å². The lowest BCUT2D eigenvalue weighted by Gasteiger charge is -2.33. The van der Waals surface area contributed by atoms with Crippen molar-refractivity contribution in [2.75, 3.05) is 13.2 Å². The molecule has 6 nitrogen and oxygen atoms in total. The standard InChI is InChI=1S/C15H24N2O4/c1-10(2)9-19-14-13(15-20-12(4)21-15)7-16-17(14)6-5-11(3)8-18/h5-7,10-12,15,18H,8-9H2,1-4H3/b6-5+. The van der Waals surface area contributed by atoms with Crippen molar-refractivity contribution in [3.05, 3.63) is 17.8 Å². The maximum Gasteiger partial charge on any atom is 0.224 e. The van der Waals surface area contributed by atoms with E-state index in [9.17, 15) is 0 Å². The molecular formula is C15H24N2O4. The van der Waals surface area contributed by atoms with Gasteiger partial charge in [-0.2, -0.15) is 5.10 Å². The number of aromatic nitrogens is 2. The summed E-state index contributed by atoms with van der Waals surface area (Å²) in [6, 6.07) is 0. The van der Waals surface area contributed by atoms with Crippen LogP contribution in [0, 0.1) is 11.8 Å². The molecule has 1 fully saturated rings. The molecule has 1 atom stereocenters. The maximum absolute atomic E-state index is 9.08. The molecule has 1 aliphatic rings. The molecule has 0 spiro atoms.